The van der Waals surface area contributed by atoms with Crippen molar-refractivity contribution in [1.29, 1.82) is 0 Å². The van der Waals surface area contributed by atoms with Crippen LogP contribution >= 0.6 is 0 Å². The fourth-order valence-electron chi connectivity index (χ4n) is 2.30. The Bertz CT molecular complexity index is 320. The number of hydrogen-bond acceptors (Lipinski definition) is 3. The monoisotopic (exact) mass is 271 g/mol. The van der Waals surface area contributed by atoms with E-state index in [9.17, 15) is 9.59 Å². The molecule has 6 nitrogen and oxygen atoms in total. The highest BCUT2D eigenvalue weighted by Gasteiger charge is 2.29. The Morgan fingerprint density at radius 3 is 2.74 bits per heavy atom. The van der Waals surface area contributed by atoms with E-state index in [-0.39, 0.29) is 23.9 Å². The van der Waals surface area contributed by atoms with Gasteiger partial charge in [-0.05, 0) is 19.8 Å². The first-order valence-corrected chi connectivity index (χ1v) is 6.71. The van der Waals surface area contributed by atoms with Crippen LogP contribution in [0.1, 0.15) is 19.8 Å². The highest BCUT2D eigenvalue weighted by Crippen LogP contribution is 2.17. The van der Waals surface area contributed by atoms with Crippen molar-refractivity contribution in [3.63, 3.8) is 0 Å². The van der Waals surface area contributed by atoms with E-state index >= 15 is 0 Å². The molecule has 0 spiro atoms. The fourth-order valence-corrected chi connectivity index (χ4v) is 2.30. The molecule has 0 bridgehead atoms. The number of carbonyl (C=O) groups is 2. The molecular weight excluding hydrogens is 246 g/mol. The molecule has 1 N–H and O–H groups in total. The summed E-state index contributed by atoms with van der Waals surface area (Å²) < 4.78 is 5.00. The predicted molar refractivity (Wildman–Crippen MR) is 72.9 cm³/mol. The van der Waals surface area contributed by atoms with Crippen molar-refractivity contribution in [3.05, 3.63) is 0 Å². The molecule has 1 fully saturated rings. The molecule has 110 valence electrons. The summed E-state index contributed by atoms with van der Waals surface area (Å²) >= 11 is 0. The summed E-state index contributed by atoms with van der Waals surface area (Å²) in [7, 11) is 5.07. The van der Waals surface area contributed by atoms with Crippen LogP contribution in [0.15, 0.2) is 0 Å². The second kappa shape index (κ2) is 7.33. The number of piperidine rings is 1. The smallest absolute Gasteiger partial charge is 0.319 e. The molecule has 1 saturated heterocycles. The molecule has 0 radical (unpaired) electrons. The van der Waals surface area contributed by atoms with Crippen LogP contribution in [0.25, 0.3) is 0 Å². The van der Waals surface area contributed by atoms with E-state index in [2.05, 4.69) is 5.32 Å². The van der Waals surface area contributed by atoms with E-state index in [1.165, 1.54) is 0 Å². The summed E-state index contributed by atoms with van der Waals surface area (Å²) in [4.78, 5) is 27.3. The van der Waals surface area contributed by atoms with E-state index < -0.39 is 0 Å². The van der Waals surface area contributed by atoms with Gasteiger partial charge in [0.15, 0.2) is 0 Å². The Morgan fingerprint density at radius 2 is 2.16 bits per heavy atom. The van der Waals surface area contributed by atoms with Crippen LogP contribution in [-0.2, 0) is 9.53 Å². The third-order valence-electron chi connectivity index (χ3n) is 3.25. The average Bonchev–Trinajstić information content (AvgIpc) is 2.38. The zero-order valence-corrected chi connectivity index (χ0v) is 12.3. The normalized spacial score (nSPS) is 20.8. The van der Waals surface area contributed by atoms with Gasteiger partial charge in [-0.25, -0.2) is 4.79 Å². The highest BCUT2D eigenvalue weighted by atomic mass is 16.5. The molecule has 0 unspecified atom stereocenters. The van der Waals surface area contributed by atoms with Gasteiger partial charge in [0.1, 0.15) is 0 Å². The first-order chi connectivity index (χ1) is 8.95. The van der Waals surface area contributed by atoms with Gasteiger partial charge >= 0.3 is 6.03 Å². The minimum absolute atomic E-state index is 0.00238. The molecule has 2 atom stereocenters. The predicted octanol–water partition coefficient (Wildman–Crippen LogP) is 0.531. The van der Waals surface area contributed by atoms with Gasteiger partial charge in [0, 0.05) is 40.3 Å². The van der Waals surface area contributed by atoms with Crippen LogP contribution in [0, 0.1) is 5.92 Å². The Morgan fingerprint density at radius 1 is 1.47 bits per heavy atom. The van der Waals surface area contributed by atoms with Crippen LogP contribution in [0.3, 0.4) is 0 Å². The third kappa shape index (κ3) is 4.70. The number of ether oxygens (including phenoxy) is 1. The number of nitrogens with zero attached hydrogens (tertiary/aromatic N) is 2. The van der Waals surface area contributed by atoms with Crippen LogP contribution in [0.4, 0.5) is 4.79 Å². The van der Waals surface area contributed by atoms with Gasteiger partial charge in [-0.2, -0.15) is 0 Å². The second-order valence-corrected chi connectivity index (χ2v) is 5.33. The van der Waals surface area contributed by atoms with E-state index in [1.807, 2.05) is 6.92 Å². The van der Waals surface area contributed by atoms with Crippen LogP contribution in [0.5, 0.6) is 0 Å². The van der Waals surface area contributed by atoms with Crippen molar-refractivity contribution in [2.24, 2.45) is 5.92 Å². The number of carbonyl (C=O) groups excluding carboxylic acids is 2. The van der Waals surface area contributed by atoms with Gasteiger partial charge in [0.2, 0.25) is 5.91 Å². The van der Waals surface area contributed by atoms with E-state index in [0.717, 1.165) is 19.4 Å². The molecule has 1 aliphatic rings. The van der Waals surface area contributed by atoms with Gasteiger partial charge in [-0.1, -0.05) is 0 Å². The summed E-state index contributed by atoms with van der Waals surface area (Å²) in [6.45, 7) is 3.64. The Balaban J connectivity index is 2.50. The van der Waals surface area contributed by atoms with Crippen molar-refractivity contribution >= 4 is 11.9 Å². The summed E-state index contributed by atoms with van der Waals surface area (Å²) in [5.41, 5.74) is 0. The number of hydrogen-bond donors (Lipinski definition) is 1. The molecule has 0 aliphatic carbocycles. The lowest BCUT2D eigenvalue weighted by atomic mass is 9.97. The molecule has 0 aromatic rings. The molecule has 0 saturated carbocycles. The summed E-state index contributed by atoms with van der Waals surface area (Å²) in [5, 5.41) is 2.92. The molecule has 19 heavy (non-hydrogen) atoms. The van der Waals surface area contributed by atoms with Crippen molar-refractivity contribution in [2.45, 2.75) is 25.8 Å². The van der Waals surface area contributed by atoms with Crippen LogP contribution in [-0.4, -0.2) is 68.7 Å². The van der Waals surface area contributed by atoms with Gasteiger partial charge in [-0.15, -0.1) is 0 Å². The van der Waals surface area contributed by atoms with Gasteiger partial charge in [0.05, 0.1) is 12.5 Å². The van der Waals surface area contributed by atoms with Crippen molar-refractivity contribution in [2.75, 3.05) is 40.9 Å². The molecule has 6 heteroatoms. The fraction of sp³-hybridized carbons (Fsp3) is 0.846. The standard InChI is InChI=1S/C13H25N3O3/c1-10(9-19-4)14-12(17)11-6-5-7-16(8-11)13(18)15(2)3/h10-11H,5-9H2,1-4H3,(H,14,17)/t10-,11+/m0/s1. The highest BCUT2D eigenvalue weighted by molar-refractivity contribution is 5.81. The summed E-state index contributed by atoms with van der Waals surface area (Å²) in [6, 6.07) is -0.0279. The molecule has 1 aliphatic heterocycles. The average molecular weight is 271 g/mol. The van der Waals surface area contributed by atoms with Crippen LogP contribution in [0.2, 0.25) is 0 Å². The van der Waals surface area contributed by atoms with Crippen molar-refractivity contribution < 1.29 is 14.3 Å². The number of methoxy groups -OCH3 is 1. The Labute approximate surface area is 115 Å². The molecule has 1 rings (SSSR count). The topological polar surface area (TPSA) is 61.9 Å². The summed E-state index contributed by atoms with van der Waals surface area (Å²) in [5.74, 6) is -0.0993. The first-order valence-electron chi connectivity index (χ1n) is 6.71. The zero-order chi connectivity index (χ0) is 14.4. The number of rotatable bonds is 4. The van der Waals surface area contributed by atoms with Crippen LogP contribution < -0.4 is 5.32 Å². The minimum Gasteiger partial charge on any atom is -0.383 e. The molecule has 0 aromatic heterocycles. The number of nitrogens with one attached hydrogen (secondary N) is 1. The van der Waals surface area contributed by atoms with Crippen molar-refractivity contribution in [3.8, 4) is 0 Å². The largest absolute Gasteiger partial charge is 0.383 e. The lowest BCUT2D eigenvalue weighted by molar-refractivity contribution is -0.127. The SMILES string of the molecule is COC[C@H](C)NC(=O)[C@@H]1CCCN(C(=O)N(C)C)C1. The number of urea groups is 1. The number of likely N-dealkylation sites (tertiary alicyclic amines) is 1. The molecule has 3 amide bonds. The van der Waals surface area contributed by atoms with Gasteiger partial charge in [0.25, 0.3) is 0 Å². The lowest BCUT2D eigenvalue weighted by Crippen LogP contribution is -2.50. The lowest BCUT2D eigenvalue weighted by Gasteiger charge is -2.34. The maximum atomic E-state index is 12.1. The molecule has 0 aromatic carbocycles. The quantitative estimate of drug-likeness (QED) is 0.811. The zero-order valence-electron chi connectivity index (χ0n) is 12.3. The van der Waals surface area contributed by atoms with Crippen molar-refractivity contribution in [1.82, 2.24) is 15.1 Å². The first kappa shape index (κ1) is 15.8. The summed E-state index contributed by atoms with van der Waals surface area (Å²) in [6.07, 6.45) is 1.71. The van der Waals surface area contributed by atoms with E-state index in [4.69, 9.17) is 4.74 Å². The Kier molecular flexibility index (Phi) is 6.08. The number of amides is 3. The Hall–Kier alpha value is -1.30. The maximum Gasteiger partial charge on any atom is 0.319 e. The molecular formula is C13H25N3O3. The maximum absolute atomic E-state index is 12.1. The third-order valence-corrected chi connectivity index (χ3v) is 3.25. The molecule has 1 heterocycles. The van der Waals surface area contributed by atoms with E-state index in [0.29, 0.717) is 13.2 Å². The minimum atomic E-state index is -0.114. The second-order valence-electron chi connectivity index (χ2n) is 5.33. The van der Waals surface area contributed by atoms with Gasteiger partial charge in [-0.3, -0.25) is 4.79 Å². The van der Waals surface area contributed by atoms with Gasteiger partial charge < -0.3 is 19.9 Å². The van der Waals surface area contributed by atoms with E-state index in [1.54, 1.807) is 31.0 Å².